The molecule has 0 spiro atoms. The average molecular weight is 281 g/mol. The normalized spacial score (nSPS) is 11.5. The molecule has 20 heavy (non-hydrogen) atoms. The molecule has 0 aliphatic carbocycles. The molecule has 0 unspecified atom stereocenters. The summed E-state index contributed by atoms with van der Waals surface area (Å²) in [6, 6.07) is 0. The molecule has 0 aliphatic heterocycles. The number of nitrogens with one attached hydrogen (secondary N) is 2. The van der Waals surface area contributed by atoms with Crippen LogP contribution in [0.15, 0.2) is 0 Å². The maximum Gasteiger partial charge on any atom is 0.148 e. The van der Waals surface area contributed by atoms with Crippen LogP contribution in [0, 0.1) is 12.3 Å². The number of hydrogen-bond acceptors (Lipinski definition) is 6. The van der Waals surface area contributed by atoms with Crippen LogP contribution in [0.4, 0.5) is 11.6 Å². The topological polar surface area (TPSA) is 96.1 Å². The van der Waals surface area contributed by atoms with E-state index in [0.717, 1.165) is 43.0 Å². The minimum atomic E-state index is 0.00731. The molecule has 0 bridgehead atoms. The lowest BCUT2D eigenvalue weighted by Crippen LogP contribution is -2.25. The Kier molecular flexibility index (Phi) is 6.16. The monoisotopic (exact) mass is 281 g/mol. The van der Waals surface area contributed by atoms with Gasteiger partial charge in [0.15, 0.2) is 0 Å². The molecule has 1 aromatic rings. The van der Waals surface area contributed by atoms with Gasteiger partial charge in [-0.2, -0.15) is 0 Å². The van der Waals surface area contributed by atoms with Crippen molar-refractivity contribution < 1.29 is 5.11 Å². The Morgan fingerprint density at radius 3 is 2.45 bits per heavy atom. The molecular formula is C14H27N5O. The molecule has 6 heteroatoms. The smallest absolute Gasteiger partial charge is 0.148 e. The summed E-state index contributed by atoms with van der Waals surface area (Å²) < 4.78 is 0. The van der Waals surface area contributed by atoms with Gasteiger partial charge in [0.2, 0.25) is 0 Å². The number of anilines is 2. The average Bonchev–Trinajstić information content (AvgIpc) is 2.39. The second kappa shape index (κ2) is 7.40. The molecule has 1 aromatic heterocycles. The van der Waals surface area contributed by atoms with Crippen LogP contribution in [0.1, 0.15) is 45.0 Å². The molecule has 1 heterocycles. The molecule has 0 radical (unpaired) electrons. The number of aryl methyl sites for hydroxylation is 1. The lowest BCUT2D eigenvalue weighted by Gasteiger charge is -2.25. The molecular weight excluding hydrogens is 254 g/mol. The van der Waals surface area contributed by atoms with Crippen molar-refractivity contribution in [3.8, 4) is 0 Å². The zero-order valence-corrected chi connectivity index (χ0v) is 13.0. The number of nitrogens with zero attached hydrogens (tertiary/aromatic N) is 2. The highest BCUT2D eigenvalue weighted by Crippen LogP contribution is 2.24. The number of aromatic nitrogens is 2. The van der Waals surface area contributed by atoms with Crippen molar-refractivity contribution in [2.45, 2.75) is 47.0 Å². The maximum absolute atomic E-state index is 9.07. The molecule has 5 N–H and O–H groups in total. The summed E-state index contributed by atoms with van der Waals surface area (Å²) in [5, 5.41) is 12.4. The van der Waals surface area contributed by atoms with Crippen LogP contribution in [0.2, 0.25) is 0 Å². The maximum atomic E-state index is 9.07. The van der Waals surface area contributed by atoms with Gasteiger partial charge in [-0.25, -0.2) is 15.8 Å². The molecule has 0 aliphatic rings. The van der Waals surface area contributed by atoms with Crippen molar-refractivity contribution in [2.24, 2.45) is 11.3 Å². The van der Waals surface area contributed by atoms with Crippen LogP contribution in [0.3, 0.4) is 0 Å². The van der Waals surface area contributed by atoms with Crippen molar-refractivity contribution >= 4 is 11.6 Å². The first kappa shape index (κ1) is 16.7. The third-order valence-electron chi connectivity index (χ3n) is 3.33. The SMILES string of the molecule is CCCc1nc(NN)c(C)c(NCC(C)(C)CCO)n1. The Balaban J connectivity index is 2.90. The fourth-order valence-corrected chi connectivity index (χ4v) is 1.93. The predicted molar refractivity (Wildman–Crippen MR) is 82.5 cm³/mol. The molecule has 0 atom stereocenters. The molecule has 0 aromatic carbocycles. The molecule has 1 rings (SSSR count). The largest absolute Gasteiger partial charge is 0.396 e. The summed E-state index contributed by atoms with van der Waals surface area (Å²) in [6.07, 6.45) is 2.56. The van der Waals surface area contributed by atoms with Gasteiger partial charge in [0.05, 0.1) is 0 Å². The number of nitrogens with two attached hydrogens (primary N) is 1. The quantitative estimate of drug-likeness (QED) is 0.429. The fourth-order valence-electron chi connectivity index (χ4n) is 1.93. The minimum Gasteiger partial charge on any atom is -0.396 e. The van der Waals surface area contributed by atoms with Crippen LogP contribution in [-0.4, -0.2) is 28.2 Å². The summed E-state index contributed by atoms with van der Waals surface area (Å²) >= 11 is 0. The Morgan fingerprint density at radius 1 is 1.25 bits per heavy atom. The van der Waals surface area contributed by atoms with E-state index in [1.165, 1.54) is 0 Å². The summed E-state index contributed by atoms with van der Waals surface area (Å²) in [6.45, 7) is 9.18. The highest BCUT2D eigenvalue weighted by atomic mass is 16.3. The number of hydrazine groups is 1. The van der Waals surface area contributed by atoms with E-state index in [4.69, 9.17) is 10.9 Å². The first-order chi connectivity index (χ1) is 9.43. The Labute approximate surface area is 121 Å². The van der Waals surface area contributed by atoms with Gasteiger partial charge in [-0.1, -0.05) is 20.8 Å². The summed E-state index contributed by atoms with van der Waals surface area (Å²) in [7, 11) is 0. The minimum absolute atomic E-state index is 0.00731. The van der Waals surface area contributed by atoms with Gasteiger partial charge in [-0.15, -0.1) is 0 Å². The summed E-state index contributed by atoms with van der Waals surface area (Å²) in [5.74, 6) is 7.76. The lowest BCUT2D eigenvalue weighted by atomic mass is 9.90. The third-order valence-corrected chi connectivity index (χ3v) is 3.33. The fraction of sp³-hybridized carbons (Fsp3) is 0.714. The number of rotatable bonds is 8. The second-order valence-corrected chi connectivity index (χ2v) is 5.85. The lowest BCUT2D eigenvalue weighted by molar-refractivity contribution is 0.220. The molecule has 0 saturated carbocycles. The number of aliphatic hydroxyl groups excluding tert-OH is 1. The zero-order valence-electron chi connectivity index (χ0n) is 13.0. The molecule has 0 saturated heterocycles. The van der Waals surface area contributed by atoms with Gasteiger partial charge in [-0.05, 0) is 25.2 Å². The first-order valence-electron chi connectivity index (χ1n) is 7.12. The van der Waals surface area contributed by atoms with E-state index < -0.39 is 0 Å². The van der Waals surface area contributed by atoms with Crippen LogP contribution < -0.4 is 16.6 Å². The van der Waals surface area contributed by atoms with E-state index in [1.54, 1.807) is 0 Å². The van der Waals surface area contributed by atoms with Crippen molar-refractivity contribution in [1.29, 1.82) is 0 Å². The van der Waals surface area contributed by atoms with Crippen LogP contribution in [0.25, 0.3) is 0 Å². The number of nitrogen functional groups attached to an aromatic ring is 1. The Bertz CT molecular complexity index is 434. The Morgan fingerprint density at radius 2 is 1.90 bits per heavy atom. The highest BCUT2D eigenvalue weighted by molar-refractivity contribution is 5.56. The van der Waals surface area contributed by atoms with Crippen molar-refractivity contribution in [3.63, 3.8) is 0 Å². The highest BCUT2D eigenvalue weighted by Gasteiger charge is 2.18. The molecule has 114 valence electrons. The second-order valence-electron chi connectivity index (χ2n) is 5.85. The summed E-state index contributed by atoms with van der Waals surface area (Å²) in [5.41, 5.74) is 3.54. The van der Waals surface area contributed by atoms with Gasteiger partial charge < -0.3 is 15.8 Å². The van der Waals surface area contributed by atoms with Gasteiger partial charge in [-0.3, -0.25) is 0 Å². The standard InChI is InChI=1S/C14H27N5O/c1-5-6-11-17-12(10(2)13(18-11)19-15)16-9-14(3,4)7-8-20/h20H,5-9,15H2,1-4H3,(H2,16,17,18,19). The zero-order chi connectivity index (χ0) is 15.2. The van der Waals surface area contributed by atoms with Crippen molar-refractivity contribution in [1.82, 2.24) is 9.97 Å². The van der Waals surface area contributed by atoms with E-state index in [0.29, 0.717) is 5.82 Å². The van der Waals surface area contributed by atoms with E-state index >= 15 is 0 Å². The Hall–Kier alpha value is -1.40. The van der Waals surface area contributed by atoms with E-state index in [2.05, 4.69) is 41.5 Å². The predicted octanol–water partition coefficient (Wildman–Crippen LogP) is 1.84. The summed E-state index contributed by atoms with van der Waals surface area (Å²) in [4.78, 5) is 8.95. The van der Waals surface area contributed by atoms with E-state index in [-0.39, 0.29) is 12.0 Å². The number of aliphatic hydroxyl groups is 1. The first-order valence-corrected chi connectivity index (χ1v) is 7.12. The van der Waals surface area contributed by atoms with Gasteiger partial charge >= 0.3 is 0 Å². The van der Waals surface area contributed by atoms with E-state index in [9.17, 15) is 0 Å². The van der Waals surface area contributed by atoms with Crippen LogP contribution >= 0.6 is 0 Å². The number of hydrogen-bond donors (Lipinski definition) is 4. The van der Waals surface area contributed by atoms with E-state index in [1.807, 2.05) is 6.92 Å². The van der Waals surface area contributed by atoms with Crippen LogP contribution in [-0.2, 0) is 6.42 Å². The van der Waals surface area contributed by atoms with Crippen molar-refractivity contribution in [3.05, 3.63) is 11.4 Å². The van der Waals surface area contributed by atoms with Gasteiger partial charge in [0.1, 0.15) is 17.5 Å². The third kappa shape index (κ3) is 4.61. The van der Waals surface area contributed by atoms with Crippen molar-refractivity contribution in [2.75, 3.05) is 23.9 Å². The molecule has 0 fully saturated rings. The van der Waals surface area contributed by atoms with Crippen LogP contribution in [0.5, 0.6) is 0 Å². The molecule has 6 nitrogen and oxygen atoms in total. The van der Waals surface area contributed by atoms with Gasteiger partial charge in [0.25, 0.3) is 0 Å². The molecule has 0 amide bonds. The van der Waals surface area contributed by atoms with Gasteiger partial charge in [0, 0.05) is 25.1 Å².